The second kappa shape index (κ2) is 8.13. The van der Waals surface area contributed by atoms with Gasteiger partial charge in [0.05, 0.1) is 11.9 Å². The van der Waals surface area contributed by atoms with Crippen molar-refractivity contribution >= 4 is 11.9 Å². The number of benzene rings is 1. The topological polar surface area (TPSA) is 59.4 Å². The number of piperidine rings is 1. The lowest BCUT2D eigenvalue weighted by molar-refractivity contribution is -0.0114. The summed E-state index contributed by atoms with van der Waals surface area (Å²) in [6.45, 7) is 4.19. The predicted molar refractivity (Wildman–Crippen MR) is 124 cm³/mol. The van der Waals surface area contributed by atoms with Gasteiger partial charge in [-0.3, -0.25) is 0 Å². The zero-order chi connectivity index (χ0) is 21.7. The maximum absolute atomic E-state index is 13.1. The summed E-state index contributed by atoms with van der Waals surface area (Å²) in [4.78, 5) is 15.4. The highest BCUT2D eigenvalue weighted by molar-refractivity contribution is 5.73. The summed E-state index contributed by atoms with van der Waals surface area (Å²) in [7, 11) is 0. The van der Waals surface area contributed by atoms with Crippen molar-refractivity contribution in [3.8, 4) is 11.4 Å². The van der Waals surface area contributed by atoms with Crippen LogP contribution < -0.4 is 15.0 Å². The van der Waals surface area contributed by atoms with E-state index in [1.807, 2.05) is 35.0 Å². The lowest BCUT2D eigenvalue weighted by Gasteiger charge is -2.54. The van der Waals surface area contributed by atoms with E-state index in [2.05, 4.69) is 22.2 Å². The monoisotopic (exact) mass is 434 g/mol. The highest BCUT2D eigenvalue weighted by atomic mass is 16.6. The summed E-state index contributed by atoms with van der Waals surface area (Å²) in [5.74, 6) is 5.11. The zero-order valence-electron chi connectivity index (χ0n) is 19.0. The van der Waals surface area contributed by atoms with Crippen molar-refractivity contribution in [3.05, 3.63) is 36.5 Å². The lowest BCUT2D eigenvalue weighted by Crippen LogP contribution is -2.56. The molecular weight excluding hydrogens is 400 g/mol. The quantitative estimate of drug-likeness (QED) is 0.734. The van der Waals surface area contributed by atoms with E-state index in [0.717, 1.165) is 42.9 Å². The van der Waals surface area contributed by atoms with Crippen LogP contribution in [0.2, 0.25) is 0 Å². The molecule has 1 aromatic carbocycles. The van der Waals surface area contributed by atoms with Crippen LogP contribution in [-0.2, 0) is 0 Å². The van der Waals surface area contributed by atoms with Crippen molar-refractivity contribution in [2.75, 3.05) is 18.0 Å². The molecule has 1 aliphatic heterocycles. The minimum absolute atomic E-state index is 0.276. The van der Waals surface area contributed by atoms with Gasteiger partial charge in [-0.1, -0.05) is 25.1 Å². The van der Waals surface area contributed by atoms with Gasteiger partial charge in [-0.2, -0.15) is 5.10 Å². The molecule has 1 aromatic heterocycles. The van der Waals surface area contributed by atoms with Crippen LogP contribution in [0, 0.1) is 29.6 Å². The molecule has 0 spiro atoms. The summed E-state index contributed by atoms with van der Waals surface area (Å²) >= 11 is 0. The molecule has 5 fully saturated rings. The maximum atomic E-state index is 13.1. The number of anilines is 1. The Morgan fingerprint density at radius 3 is 2.47 bits per heavy atom. The van der Waals surface area contributed by atoms with Gasteiger partial charge in [0.25, 0.3) is 0 Å². The number of para-hydroxylation sites is 1. The first-order valence-electron chi connectivity index (χ1n) is 12.5. The second-order valence-corrected chi connectivity index (χ2v) is 10.8. The van der Waals surface area contributed by atoms with Gasteiger partial charge in [0.1, 0.15) is 0 Å². The van der Waals surface area contributed by atoms with E-state index < -0.39 is 0 Å². The molecule has 1 saturated heterocycles. The highest BCUT2D eigenvalue weighted by Crippen LogP contribution is 2.53. The fourth-order valence-electron chi connectivity index (χ4n) is 7.25. The number of hydrogen-bond acceptors (Lipinski definition) is 4. The van der Waals surface area contributed by atoms with Gasteiger partial charge in [0.15, 0.2) is 11.6 Å². The standard InChI is InChI=1S/C26H34N4O2/c1-17-6-5-9-29(16-17)25-23(15-27-30(25)22-7-3-2-4-8-22)32-26(31)28-24-20-11-18-10-19(13-20)14-21(24)12-18/h2-4,7-8,15,17-21,24H,5-6,9-14,16H2,1H3,(H,28,31). The first-order chi connectivity index (χ1) is 15.6. The Kier molecular flexibility index (Phi) is 5.11. The van der Waals surface area contributed by atoms with Crippen molar-refractivity contribution in [1.29, 1.82) is 0 Å². The average molecular weight is 435 g/mol. The van der Waals surface area contributed by atoms with Gasteiger partial charge in [-0.15, -0.1) is 0 Å². The van der Waals surface area contributed by atoms with Crippen LogP contribution in [0.25, 0.3) is 5.69 Å². The summed E-state index contributed by atoms with van der Waals surface area (Å²) in [5, 5.41) is 7.91. The second-order valence-electron chi connectivity index (χ2n) is 10.8. The van der Waals surface area contributed by atoms with Crippen molar-refractivity contribution in [2.24, 2.45) is 29.6 Å². The third-order valence-corrected chi connectivity index (χ3v) is 8.38. The van der Waals surface area contributed by atoms with E-state index in [4.69, 9.17) is 4.74 Å². The highest BCUT2D eigenvalue weighted by Gasteiger charge is 2.48. The normalized spacial score (nSPS) is 33.3. The molecule has 2 heterocycles. The van der Waals surface area contributed by atoms with Crippen LogP contribution in [0.15, 0.2) is 36.5 Å². The predicted octanol–water partition coefficient (Wildman–Crippen LogP) is 5.02. The summed E-state index contributed by atoms with van der Waals surface area (Å²) in [5.41, 5.74) is 0.983. The van der Waals surface area contributed by atoms with Gasteiger partial charge in [0.2, 0.25) is 0 Å². The Morgan fingerprint density at radius 2 is 1.78 bits per heavy atom. The molecule has 4 saturated carbocycles. The number of rotatable bonds is 4. The zero-order valence-corrected chi connectivity index (χ0v) is 19.0. The van der Waals surface area contributed by atoms with Gasteiger partial charge in [-0.25, -0.2) is 9.48 Å². The molecule has 1 unspecified atom stereocenters. The molecule has 1 amide bonds. The SMILES string of the molecule is CC1CCCN(c2c(OC(=O)NC3C4CC5CC(C4)CC3C5)cnn2-c2ccccc2)C1. The summed E-state index contributed by atoms with van der Waals surface area (Å²) < 4.78 is 7.89. The van der Waals surface area contributed by atoms with E-state index in [1.54, 1.807) is 6.20 Å². The Morgan fingerprint density at radius 1 is 1.06 bits per heavy atom. The van der Waals surface area contributed by atoms with Gasteiger partial charge < -0.3 is 15.0 Å². The van der Waals surface area contributed by atoms with Gasteiger partial charge in [0, 0.05) is 19.1 Å². The molecule has 7 rings (SSSR count). The number of amides is 1. The van der Waals surface area contributed by atoms with Crippen LogP contribution in [0.1, 0.15) is 51.9 Å². The van der Waals surface area contributed by atoms with E-state index in [9.17, 15) is 4.79 Å². The van der Waals surface area contributed by atoms with Gasteiger partial charge >= 0.3 is 6.09 Å². The number of carbonyl (C=O) groups excluding carboxylic acids is 1. The first-order valence-corrected chi connectivity index (χ1v) is 12.5. The molecule has 0 radical (unpaired) electrons. The van der Waals surface area contributed by atoms with Crippen molar-refractivity contribution in [1.82, 2.24) is 15.1 Å². The molecule has 4 aliphatic carbocycles. The smallest absolute Gasteiger partial charge is 0.405 e. The van der Waals surface area contributed by atoms with Crippen LogP contribution in [0.3, 0.4) is 0 Å². The van der Waals surface area contributed by atoms with Crippen LogP contribution in [-0.4, -0.2) is 35.0 Å². The summed E-state index contributed by atoms with van der Waals surface area (Å²) in [6, 6.07) is 10.4. The van der Waals surface area contributed by atoms with E-state index in [0.29, 0.717) is 23.5 Å². The third-order valence-electron chi connectivity index (χ3n) is 8.38. The lowest BCUT2D eigenvalue weighted by atomic mass is 9.54. The molecule has 1 N–H and O–H groups in total. The number of aromatic nitrogens is 2. The molecule has 32 heavy (non-hydrogen) atoms. The van der Waals surface area contributed by atoms with E-state index >= 15 is 0 Å². The molecule has 4 bridgehead atoms. The van der Waals surface area contributed by atoms with Crippen molar-refractivity contribution in [2.45, 2.75) is 57.9 Å². The van der Waals surface area contributed by atoms with Crippen LogP contribution in [0.4, 0.5) is 10.6 Å². The molecule has 6 nitrogen and oxygen atoms in total. The molecule has 5 aliphatic rings. The Bertz CT molecular complexity index is 943. The molecule has 2 aromatic rings. The number of ether oxygens (including phenoxy) is 1. The van der Waals surface area contributed by atoms with Crippen LogP contribution in [0.5, 0.6) is 5.75 Å². The number of hydrogen-bond donors (Lipinski definition) is 1. The molecule has 1 atom stereocenters. The molecular formula is C26H34N4O2. The first kappa shape index (κ1) is 20.1. The number of nitrogens with zero attached hydrogens (tertiary/aromatic N) is 3. The van der Waals surface area contributed by atoms with E-state index in [1.165, 1.54) is 38.5 Å². The fourth-order valence-corrected chi connectivity index (χ4v) is 7.25. The largest absolute Gasteiger partial charge is 0.413 e. The summed E-state index contributed by atoms with van der Waals surface area (Å²) in [6.07, 6.45) is 10.3. The third kappa shape index (κ3) is 3.67. The van der Waals surface area contributed by atoms with E-state index in [-0.39, 0.29) is 12.1 Å². The Hall–Kier alpha value is -2.50. The minimum atomic E-state index is -0.318. The van der Waals surface area contributed by atoms with Crippen molar-refractivity contribution < 1.29 is 9.53 Å². The van der Waals surface area contributed by atoms with Crippen LogP contribution >= 0.6 is 0 Å². The van der Waals surface area contributed by atoms with Crippen molar-refractivity contribution in [3.63, 3.8) is 0 Å². The van der Waals surface area contributed by atoms with Gasteiger partial charge in [-0.05, 0) is 86.7 Å². The number of carbonyl (C=O) groups is 1. The fraction of sp³-hybridized carbons (Fsp3) is 0.615. The Labute approximate surface area is 190 Å². The minimum Gasteiger partial charge on any atom is -0.405 e. The molecule has 6 heteroatoms. The average Bonchev–Trinajstić information content (AvgIpc) is 3.20. The molecule has 170 valence electrons. The number of nitrogens with one attached hydrogen (secondary N) is 1. The maximum Gasteiger partial charge on any atom is 0.413 e. The Balaban J connectivity index is 1.23.